The highest BCUT2D eigenvalue weighted by molar-refractivity contribution is 7.99. The van der Waals surface area contributed by atoms with E-state index in [1.165, 1.54) is 6.07 Å². The van der Waals surface area contributed by atoms with Crippen LogP contribution < -0.4 is 5.73 Å². The average Bonchev–Trinajstić information content (AvgIpc) is 2.25. The van der Waals surface area contributed by atoms with Gasteiger partial charge in [-0.3, -0.25) is 4.90 Å². The number of hydrogen-bond donors (Lipinski definition) is 1. The molecule has 82 valence electrons. The largest absolute Gasteiger partial charge is 0.398 e. The van der Waals surface area contributed by atoms with E-state index in [9.17, 15) is 4.39 Å². The Morgan fingerprint density at radius 1 is 1.33 bits per heavy atom. The molecule has 0 saturated carbocycles. The number of hydrogen-bond acceptors (Lipinski definition) is 3. The fraction of sp³-hybridized carbons (Fsp3) is 0.455. The monoisotopic (exact) mass is 226 g/mol. The van der Waals surface area contributed by atoms with Crippen molar-refractivity contribution < 1.29 is 4.39 Å². The smallest absolute Gasteiger partial charge is 0.129 e. The van der Waals surface area contributed by atoms with Crippen LogP contribution in [0.2, 0.25) is 0 Å². The first-order chi connectivity index (χ1) is 7.27. The fourth-order valence-corrected chi connectivity index (χ4v) is 2.70. The summed E-state index contributed by atoms with van der Waals surface area (Å²) in [6.45, 7) is 2.69. The van der Waals surface area contributed by atoms with Crippen molar-refractivity contribution >= 4 is 17.4 Å². The summed E-state index contributed by atoms with van der Waals surface area (Å²) in [5.41, 5.74) is 6.97. The zero-order chi connectivity index (χ0) is 10.7. The van der Waals surface area contributed by atoms with Gasteiger partial charge in [0, 0.05) is 42.4 Å². The van der Waals surface area contributed by atoms with Crippen LogP contribution in [-0.2, 0) is 6.54 Å². The lowest BCUT2D eigenvalue weighted by molar-refractivity contribution is 0.290. The number of thioether (sulfide) groups is 1. The summed E-state index contributed by atoms with van der Waals surface area (Å²) >= 11 is 1.95. The molecule has 1 saturated heterocycles. The van der Waals surface area contributed by atoms with E-state index in [4.69, 9.17) is 5.73 Å². The molecule has 1 heterocycles. The van der Waals surface area contributed by atoms with E-state index in [0.29, 0.717) is 17.8 Å². The van der Waals surface area contributed by atoms with Crippen LogP contribution in [0.5, 0.6) is 0 Å². The Balaban J connectivity index is 2.09. The van der Waals surface area contributed by atoms with Crippen molar-refractivity contribution in [2.45, 2.75) is 6.54 Å². The standard InChI is InChI=1S/C11H15FN2S/c12-10-2-1-3-11(13)9(10)8-14-4-6-15-7-5-14/h1-3H,4-8,13H2. The van der Waals surface area contributed by atoms with Gasteiger partial charge in [-0.15, -0.1) is 0 Å². The Hall–Kier alpha value is -0.740. The summed E-state index contributed by atoms with van der Waals surface area (Å²) in [5.74, 6) is 2.08. The molecule has 0 unspecified atom stereocenters. The van der Waals surface area contributed by atoms with Gasteiger partial charge in [-0.25, -0.2) is 4.39 Å². The number of halogens is 1. The number of nitrogens with two attached hydrogens (primary N) is 1. The third-order valence-corrected chi connectivity index (χ3v) is 3.58. The molecule has 15 heavy (non-hydrogen) atoms. The predicted molar refractivity (Wildman–Crippen MR) is 63.4 cm³/mol. The van der Waals surface area contributed by atoms with Crippen molar-refractivity contribution in [1.82, 2.24) is 4.90 Å². The summed E-state index contributed by atoms with van der Waals surface area (Å²) < 4.78 is 13.5. The second-order valence-corrected chi connectivity index (χ2v) is 4.92. The molecule has 0 radical (unpaired) electrons. The van der Waals surface area contributed by atoms with Crippen molar-refractivity contribution in [1.29, 1.82) is 0 Å². The Morgan fingerprint density at radius 3 is 2.73 bits per heavy atom. The van der Waals surface area contributed by atoms with Gasteiger partial charge in [-0.1, -0.05) is 6.07 Å². The Labute approximate surface area is 93.6 Å². The summed E-state index contributed by atoms with van der Waals surface area (Å²) in [6.07, 6.45) is 0. The first-order valence-electron chi connectivity index (χ1n) is 5.10. The summed E-state index contributed by atoms with van der Waals surface area (Å²) in [7, 11) is 0. The Kier molecular flexibility index (Phi) is 3.49. The van der Waals surface area contributed by atoms with E-state index in [-0.39, 0.29) is 5.82 Å². The molecule has 0 spiro atoms. The maximum atomic E-state index is 13.5. The van der Waals surface area contributed by atoms with Crippen LogP contribution in [0.1, 0.15) is 5.56 Å². The summed E-state index contributed by atoms with van der Waals surface area (Å²) in [5, 5.41) is 0. The van der Waals surface area contributed by atoms with Crippen molar-refractivity contribution in [2.24, 2.45) is 0 Å². The lowest BCUT2D eigenvalue weighted by atomic mass is 10.1. The van der Waals surface area contributed by atoms with E-state index in [1.54, 1.807) is 12.1 Å². The molecule has 4 heteroatoms. The second kappa shape index (κ2) is 4.86. The lowest BCUT2D eigenvalue weighted by Crippen LogP contribution is -2.32. The number of rotatable bonds is 2. The highest BCUT2D eigenvalue weighted by Crippen LogP contribution is 2.19. The minimum atomic E-state index is -0.187. The topological polar surface area (TPSA) is 29.3 Å². The maximum absolute atomic E-state index is 13.5. The molecule has 0 bridgehead atoms. The molecule has 0 aliphatic carbocycles. The molecular formula is C11H15FN2S. The third kappa shape index (κ3) is 2.63. The van der Waals surface area contributed by atoms with E-state index in [0.717, 1.165) is 24.6 Å². The van der Waals surface area contributed by atoms with Crippen molar-refractivity contribution in [3.8, 4) is 0 Å². The van der Waals surface area contributed by atoms with E-state index in [1.807, 2.05) is 11.8 Å². The highest BCUT2D eigenvalue weighted by atomic mass is 32.2. The zero-order valence-electron chi connectivity index (χ0n) is 8.58. The highest BCUT2D eigenvalue weighted by Gasteiger charge is 2.14. The molecule has 2 N–H and O–H groups in total. The summed E-state index contributed by atoms with van der Waals surface area (Å²) in [6, 6.07) is 4.89. The van der Waals surface area contributed by atoms with Crippen LogP contribution in [0, 0.1) is 5.82 Å². The van der Waals surface area contributed by atoms with Gasteiger partial charge in [0.05, 0.1) is 0 Å². The Bertz CT molecular complexity index is 317. The minimum Gasteiger partial charge on any atom is -0.398 e. The van der Waals surface area contributed by atoms with Gasteiger partial charge in [0.1, 0.15) is 5.82 Å². The Morgan fingerprint density at radius 2 is 2.07 bits per heavy atom. The maximum Gasteiger partial charge on any atom is 0.129 e. The van der Waals surface area contributed by atoms with Crippen molar-refractivity contribution in [2.75, 3.05) is 30.3 Å². The SMILES string of the molecule is Nc1cccc(F)c1CN1CCSCC1. The number of anilines is 1. The van der Waals surface area contributed by atoms with Gasteiger partial charge in [0.25, 0.3) is 0 Å². The van der Waals surface area contributed by atoms with E-state index >= 15 is 0 Å². The number of nitrogen functional groups attached to an aromatic ring is 1. The fourth-order valence-electron chi connectivity index (χ4n) is 1.73. The molecule has 2 rings (SSSR count). The molecule has 1 aromatic rings. The summed E-state index contributed by atoms with van der Waals surface area (Å²) in [4.78, 5) is 2.26. The second-order valence-electron chi connectivity index (χ2n) is 3.70. The average molecular weight is 226 g/mol. The quantitative estimate of drug-likeness (QED) is 0.782. The predicted octanol–water partition coefficient (Wildman–Crippen LogP) is 1.96. The van der Waals surface area contributed by atoms with Crippen LogP contribution in [0.25, 0.3) is 0 Å². The normalized spacial score (nSPS) is 17.9. The molecule has 1 aliphatic rings. The molecule has 1 fully saturated rings. The zero-order valence-corrected chi connectivity index (χ0v) is 9.39. The van der Waals surface area contributed by atoms with Gasteiger partial charge in [-0.2, -0.15) is 11.8 Å². The lowest BCUT2D eigenvalue weighted by Gasteiger charge is -2.26. The van der Waals surface area contributed by atoms with Gasteiger partial charge in [0.2, 0.25) is 0 Å². The van der Waals surface area contributed by atoms with E-state index in [2.05, 4.69) is 4.90 Å². The molecule has 0 amide bonds. The van der Waals surface area contributed by atoms with Crippen LogP contribution in [-0.4, -0.2) is 29.5 Å². The van der Waals surface area contributed by atoms with Crippen LogP contribution in [0.3, 0.4) is 0 Å². The first kappa shape index (κ1) is 10.8. The molecule has 2 nitrogen and oxygen atoms in total. The minimum absolute atomic E-state index is 0.187. The number of benzene rings is 1. The van der Waals surface area contributed by atoms with E-state index < -0.39 is 0 Å². The number of nitrogens with zero attached hydrogens (tertiary/aromatic N) is 1. The van der Waals surface area contributed by atoms with Crippen LogP contribution in [0.4, 0.5) is 10.1 Å². The molecular weight excluding hydrogens is 211 g/mol. The molecule has 1 aromatic carbocycles. The molecule has 0 atom stereocenters. The van der Waals surface area contributed by atoms with Crippen LogP contribution in [0.15, 0.2) is 18.2 Å². The van der Waals surface area contributed by atoms with Gasteiger partial charge in [-0.05, 0) is 12.1 Å². The van der Waals surface area contributed by atoms with Gasteiger partial charge in [0.15, 0.2) is 0 Å². The first-order valence-corrected chi connectivity index (χ1v) is 6.26. The van der Waals surface area contributed by atoms with Crippen molar-refractivity contribution in [3.63, 3.8) is 0 Å². The van der Waals surface area contributed by atoms with Gasteiger partial charge >= 0.3 is 0 Å². The molecule has 1 aliphatic heterocycles. The van der Waals surface area contributed by atoms with Gasteiger partial charge < -0.3 is 5.73 Å². The van der Waals surface area contributed by atoms with Crippen LogP contribution >= 0.6 is 11.8 Å². The molecule has 0 aromatic heterocycles. The third-order valence-electron chi connectivity index (χ3n) is 2.64. The van der Waals surface area contributed by atoms with Crippen molar-refractivity contribution in [3.05, 3.63) is 29.6 Å².